The van der Waals surface area contributed by atoms with Gasteiger partial charge >= 0.3 is 0 Å². The molecule has 0 saturated carbocycles. The zero-order valence-corrected chi connectivity index (χ0v) is 12.3. The predicted molar refractivity (Wildman–Crippen MR) is 84.3 cm³/mol. The minimum absolute atomic E-state index is 0.104. The van der Waals surface area contributed by atoms with Crippen LogP contribution >= 0.6 is 0 Å². The maximum Gasteiger partial charge on any atom is 0.253 e. The minimum atomic E-state index is -0.172. The summed E-state index contributed by atoms with van der Waals surface area (Å²) in [4.78, 5) is 12.2. The Bertz CT molecular complexity index is 608. The molecule has 0 saturated heterocycles. The Morgan fingerprint density at radius 1 is 1.19 bits per heavy atom. The molecule has 4 nitrogen and oxygen atoms in total. The second-order valence-corrected chi connectivity index (χ2v) is 4.78. The van der Waals surface area contributed by atoms with E-state index in [1.807, 2.05) is 44.2 Å². The SMILES string of the molecule is CCOc1ccc(C(C)NC(=O)c2ccccc2N)cc1. The average molecular weight is 284 g/mol. The van der Waals surface area contributed by atoms with E-state index in [1.54, 1.807) is 18.2 Å². The molecule has 0 aliphatic carbocycles. The molecule has 0 heterocycles. The first kappa shape index (κ1) is 14.9. The molecule has 2 aromatic rings. The van der Waals surface area contributed by atoms with Crippen LogP contribution in [0.3, 0.4) is 0 Å². The quantitative estimate of drug-likeness (QED) is 0.829. The van der Waals surface area contributed by atoms with Crippen molar-refractivity contribution in [2.24, 2.45) is 0 Å². The Kier molecular flexibility index (Phi) is 4.82. The fourth-order valence-corrected chi connectivity index (χ4v) is 2.08. The van der Waals surface area contributed by atoms with Gasteiger partial charge in [-0.2, -0.15) is 0 Å². The van der Waals surface area contributed by atoms with E-state index in [9.17, 15) is 4.79 Å². The van der Waals surface area contributed by atoms with Gasteiger partial charge in [0, 0.05) is 5.69 Å². The van der Waals surface area contributed by atoms with Crippen molar-refractivity contribution in [3.63, 3.8) is 0 Å². The fourth-order valence-electron chi connectivity index (χ4n) is 2.08. The van der Waals surface area contributed by atoms with Gasteiger partial charge in [0.25, 0.3) is 5.91 Å². The highest BCUT2D eigenvalue weighted by atomic mass is 16.5. The molecule has 1 unspecified atom stereocenters. The van der Waals surface area contributed by atoms with Crippen molar-refractivity contribution in [2.75, 3.05) is 12.3 Å². The molecule has 0 bridgehead atoms. The predicted octanol–water partition coefficient (Wildman–Crippen LogP) is 3.16. The number of para-hydroxylation sites is 1. The summed E-state index contributed by atoms with van der Waals surface area (Å²) >= 11 is 0. The normalized spacial score (nSPS) is 11.7. The molecule has 0 aromatic heterocycles. The Labute approximate surface area is 124 Å². The van der Waals surface area contributed by atoms with E-state index in [4.69, 9.17) is 10.5 Å². The Hall–Kier alpha value is -2.49. The van der Waals surface area contributed by atoms with Gasteiger partial charge in [0.15, 0.2) is 0 Å². The molecular weight excluding hydrogens is 264 g/mol. The zero-order chi connectivity index (χ0) is 15.2. The molecule has 2 aromatic carbocycles. The lowest BCUT2D eigenvalue weighted by molar-refractivity contribution is 0.0941. The number of ether oxygens (including phenoxy) is 1. The van der Waals surface area contributed by atoms with E-state index in [2.05, 4.69) is 5.32 Å². The summed E-state index contributed by atoms with van der Waals surface area (Å²) < 4.78 is 5.40. The number of carbonyl (C=O) groups is 1. The van der Waals surface area contributed by atoms with Crippen molar-refractivity contribution in [3.05, 3.63) is 59.7 Å². The highest BCUT2D eigenvalue weighted by molar-refractivity contribution is 5.99. The third-order valence-corrected chi connectivity index (χ3v) is 3.24. The van der Waals surface area contributed by atoms with Gasteiger partial charge in [-0.3, -0.25) is 4.79 Å². The minimum Gasteiger partial charge on any atom is -0.494 e. The monoisotopic (exact) mass is 284 g/mol. The number of benzene rings is 2. The molecule has 1 atom stereocenters. The van der Waals surface area contributed by atoms with Crippen LogP contribution in [0.15, 0.2) is 48.5 Å². The molecule has 3 N–H and O–H groups in total. The Morgan fingerprint density at radius 3 is 2.48 bits per heavy atom. The molecule has 2 rings (SSSR count). The maximum atomic E-state index is 12.2. The topological polar surface area (TPSA) is 64.3 Å². The van der Waals surface area contributed by atoms with Crippen LogP contribution in [0.2, 0.25) is 0 Å². The van der Waals surface area contributed by atoms with E-state index < -0.39 is 0 Å². The second kappa shape index (κ2) is 6.79. The van der Waals surface area contributed by atoms with Gasteiger partial charge in [-0.1, -0.05) is 24.3 Å². The van der Waals surface area contributed by atoms with Crippen LogP contribution in [0.5, 0.6) is 5.75 Å². The maximum absolute atomic E-state index is 12.2. The van der Waals surface area contributed by atoms with Crippen molar-refractivity contribution in [3.8, 4) is 5.75 Å². The van der Waals surface area contributed by atoms with Gasteiger partial charge in [0.1, 0.15) is 5.75 Å². The van der Waals surface area contributed by atoms with Gasteiger partial charge in [-0.25, -0.2) is 0 Å². The smallest absolute Gasteiger partial charge is 0.253 e. The van der Waals surface area contributed by atoms with Gasteiger partial charge in [-0.15, -0.1) is 0 Å². The number of carbonyl (C=O) groups excluding carboxylic acids is 1. The first-order valence-corrected chi connectivity index (χ1v) is 7.00. The summed E-state index contributed by atoms with van der Waals surface area (Å²) in [5.74, 6) is 0.654. The van der Waals surface area contributed by atoms with E-state index in [1.165, 1.54) is 0 Å². The molecule has 0 spiro atoms. The Balaban J connectivity index is 2.05. The number of hydrogen-bond donors (Lipinski definition) is 2. The number of anilines is 1. The van der Waals surface area contributed by atoms with Crippen LogP contribution in [0.1, 0.15) is 35.8 Å². The fraction of sp³-hybridized carbons (Fsp3) is 0.235. The van der Waals surface area contributed by atoms with Gasteiger partial charge in [-0.05, 0) is 43.7 Å². The standard InChI is InChI=1S/C17H20N2O2/c1-3-21-14-10-8-13(9-11-14)12(2)19-17(20)15-6-4-5-7-16(15)18/h4-12H,3,18H2,1-2H3,(H,19,20). The molecule has 1 amide bonds. The molecule has 110 valence electrons. The van der Waals surface area contributed by atoms with Crippen molar-refractivity contribution < 1.29 is 9.53 Å². The summed E-state index contributed by atoms with van der Waals surface area (Å²) in [7, 11) is 0. The summed E-state index contributed by atoms with van der Waals surface area (Å²) in [5.41, 5.74) is 7.80. The van der Waals surface area contributed by atoms with Gasteiger partial charge < -0.3 is 15.8 Å². The summed E-state index contributed by atoms with van der Waals surface area (Å²) in [5, 5.41) is 2.95. The van der Waals surface area contributed by atoms with E-state index >= 15 is 0 Å². The number of nitrogens with two attached hydrogens (primary N) is 1. The van der Waals surface area contributed by atoms with Gasteiger partial charge in [0.2, 0.25) is 0 Å². The van der Waals surface area contributed by atoms with Crippen LogP contribution in [-0.2, 0) is 0 Å². The number of rotatable bonds is 5. The lowest BCUT2D eigenvalue weighted by Crippen LogP contribution is -2.27. The van der Waals surface area contributed by atoms with E-state index in [0.29, 0.717) is 17.9 Å². The molecule has 4 heteroatoms. The largest absolute Gasteiger partial charge is 0.494 e. The lowest BCUT2D eigenvalue weighted by atomic mass is 10.1. The Morgan fingerprint density at radius 2 is 1.86 bits per heavy atom. The number of amides is 1. The molecule has 0 aliphatic rings. The van der Waals surface area contributed by atoms with Crippen LogP contribution < -0.4 is 15.8 Å². The number of hydrogen-bond acceptors (Lipinski definition) is 3. The third-order valence-electron chi connectivity index (χ3n) is 3.24. The summed E-state index contributed by atoms with van der Waals surface area (Å²) in [6, 6.07) is 14.6. The van der Waals surface area contributed by atoms with Crippen LogP contribution in [0.4, 0.5) is 5.69 Å². The first-order chi connectivity index (χ1) is 10.1. The molecule has 0 radical (unpaired) electrons. The highest BCUT2D eigenvalue weighted by Gasteiger charge is 2.13. The van der Waals surface area contributed by atoms with Crippen LogP contribution in [-0.4, -0.2) is 12.5 Å². The number of nitrogens with one attached hydrogen (secondary N) is 1. The first-order valence-electron chi connectivity index (χ1n) is 7.00. The number of nitrogen functional groups attached to an aromatic ring is 1. The van der Waals surface area contributed by atoms with Crippen molar-refractivity contribution in [1.82, 2.24) is 5.32 Å². The molecule has 0 fully saturated rings. The van der Waals surface area contributed by atoms with Gasteiger partial charge in [0.05, 0.1) is 18.2 Å². The van der Waals surface area contributed by atoms with Crippen molar-refractivity contribution in [1.29, 1.82) is 0 Å². The van der Waals surface area contributed by atoms with Crippen molar-refractivity contribution in [2.45, 2.75) is 19.9 Å². The molecule has 0 aliphatic heterocycles. The molecular formula is C17H20N2O2. The summed E-state index contributed by atoms with van der Waals surface area (Å²) in [6.45, 7) is 4.52. The third kappa shape index (κ3) is 3.75. The summed E-state index contributed by atoms with van der Waals surface area (Å²) in [6.07, 6.45) is 0. The van der Waals surface area contributed by atoms with Crippen LogP contribution in [0.25, 0.3) is 0 Å². The highest BCUT2D eigenvalue weighted by Crippen LogP contribution is 2.19. The van der Waals surface area contributed by atoms with Crippen LogP contribution in [0, 0.1) is 0 Å². The molecule has 21 heavy (non-hydrogen) atoms. The average Bonchev–Trinajstić information content (AvgIpc) is 2.48. The van der Waals surface area contributed by atoms with E-state index in [-0.39, 0.29) is 11.9 Å². The van der Waals surface area contributed by atoms with E-state index in [0.717, 1.165) is 11.3 Å². The lowest BCUT2D eigenvalue weighted by Gasteiger charge is -2.15. The zero-order valence-electron chi connectivity index (χ0n) is 12.3. The van der Waals surface area contributed by atoms with Crippen molar-refractivity contribution >= 4 is 11.6 Å². The second-order valence-electron chi connectivity index (χ2n) is 4.78.